The van der Waals surface area contributed by atoms with Gasteiger partial charge in [0.15, 0.2) is 0 Å². The fraction of sp³-hybridized carbons (Fsp3) is 0.444. The summed E-state index contributed by atoms with van der Waals surface area (Å²) in [5.74, 6) is 0. The van der Waals surface area contributed by atoms with Crippen LogP contribution in [0, 0.1) is 0 Å². The molecular formula is C18H22N4O. The number of aryl methyl sites for hydroxylation is 2. The monoisotopic (exact) mass is 310 g/mol. The minimum Gasteiger partial charge on any atom is -0.348 e. The maximum atomic E-state index is 12.4. The molecule has 2 aliphatic rings. The van der Waals surface area contributed by atoms with Crippen LogP contribution in [0.25, 0.3) is 0 Å². The highest BCUT2D eigenvalue weighted by Gasteiger charge is 2.25. The molecule has 23 heavy (non-hydrogen) atoms. The van der Waals surface area contributed by atoms with Crippen molar-refractivity contribution < 1.29 is 4.79 Å². The van der Waals surface area contributed by atoms with E-state index in [0.717, 1.165) is 49.9 Å². The number of nitrogens with zero attached hydrogens (tertiary/aromatic N) is 1. The first-order valence-electron chi connectivity index (χ1n) is 8.45. The van der Waals surface area contributed by atoms with E-state index in [2.05, 4.69) is 44.9 Å². The molecule has 1 aromatic heterocycles. The quantitative estimate of drug-likeness (QED) is 0.798. The van der Waals surface area contributed by atoms with Gasteiger partial charge in [-0.15, -0.1) is 0 Å². The van der Waals surface area contributed by atoms with Gasteiger partial charge in [-0.1, -0.05) is 24.3 Å². The third-order valence-electron chi connectivity index (χ3n) is 5.00. The van der Waals surface area contributed by atoms with Crippen molar-refractivity contribution in [1.29, 1.82) is 0 Å². The number of aromatic amines is 1. The van der Waals surface area contributed by atoms with Crippen LogP contribution in [0.4, 0.5) is 4.79 Å². The Bertz CT molecular complexity index is 709. The number of carbonyl (C=O) groups is 1. The van der Waals surface area contributed by atoms with Crippen LogP contribution in [-0.2, 0) is 19.3 Å². The molecule has 4 rings (SSSR count). The average molecular weight is 310 g/mol. The molecule has 0 radical (unpaired) electrons. The Balaban J connectivity index is 1.38. The molecular weight excluding hydrogens is 288 g/mol. The van der Waals surface area contributed by atoms with E-state index in [4.69, 9.17) is 0 Å². The lowest BCUT2D eigenvalue weighted by Gasteiger charge is -2.28. The molecule has 0 bridgehead atoms. The van der Waals surface area contributed by atoms with E-state index in [9.17, 15) is 4.79 Å². The molecule has 1 heterocycles. The van der Waals surface area contributed by atoms with E-state index in [1.165, 1.54) is 11.1 Å². The summed E-state index contributed by atoms with van der Waals surface area (Å²) in [6.07, 6.45) is 7.71. The van der Waals surface area contributed by atoms with Crippen molar-refractivity contribution in [3.05, 3.63) is 53.1 Å². The number of rotatable bonds is 2. The average Bonchev–Trinajstić information content (AvgIpc) is 3.03. The first kappa shape index (κ1) is 14.3. The minimum absolute atomic E-state index is 0.0559. The molecule has 0 aliphatic heterocycles. The number of aromatic nitrogens is 2. The summed E-state index contributed by atoms with van der Waals surface area (Å²) in [4.78, 5) is 19.9. The zero-order valence-electron chi connectivity index (χ0n) is 13.1. The summed E-state index contributed by atoms with van der Waals surface area (Å²) in [5, 5.41) is 6.29. The van der Waals surface area contributed by atoms with Crippen LogP contribution in [0.3, 0.4) is 0 Å². The molecule has 2 atom stereocenters. The molecule has 120 valence electrons. The highest BCUT2D eigenvalue weighted by atomic mass is 16.2. The van der Waals surface area contributed by atoms with Crippen LogP contribution < -0.4 is 10.6 Å². The fourth-order valence-corrected chi connectivity index (χ4v) is 3.81. The second-order valence-electron chi connectivity index (χ2n) is 6.53. The summed E-state index contributed by atoms with van der Waals surface area (Å²) in [6, 6.07) is 8.69. The number of hydrogen-bond donors (Lipinski definition) is 3. The van der Waals surface area contributed by atoms with Gasteiger partial charge in [0.2, 0.25) is 0 Å². The van der Waals surface area contributed by atoms with Gasteiger partial charge in [0.05, 0.1) is 18.1 Å². The van der Waals surface area contributed by atoms with Crippen LogP contribution in [0.1, 0.15) is 47.8 Å². The van der Waals surface area contributed by atoms with Crippen molar-refractivity contribution in [2.45, 2.75) is 50.6 Å². The van der Waals surface area contributed by atoms with Crippen molar-refractivity contribution in [3.63, 3.8) is 0 Å². The number of amides is 2. The highest BCUT2D eigenvalue weighted by molar-refractivity contribution is 5.75. The van der Waals surface area contributed by atoms with Crippen molar-refractivity contribution in [2.24, 2.45) is 0 Å². The summed E-state index contributed by atoms with van der Waals surface area (Å²) >= 11 is 0. The minimum atomic E-state index is -0.0559. The third kappa shape index (κ3) is 2.96. The van der Waals surface area contributed by atoms with Crippen molar-refractivity contribution in [1.82, 2.24) is 20.6 Å². The number of hydrogen-bond acceptors (Lipinski definition) is 2. The van der Waals surface area contributed by atoms with E-state index >= 15 is 0 Å². The SMILES string of the molecule is O=C(NC1CCc2nc[nH]c2C1)N[C@@H]1CCCc2ccccc21. The highest BCUT2D eigenvalue weighted by Crippen LogP contribution is 2.29. The van der Waals surface area contributed by atoms with Crippen molar-refractivity contribution in [3.8, 4) is 0 Å². The van der Waals surface area contributed by atoms with E-state index in [0.29, 0.717) is 0 Å². The van der Waals surface area contributed by atoms with Gasteiger partial charge in [-0.25, -0.2) is 9.78 Å². The first-order valence-corrected chi connectivity index (χ1v) is 8.45. The first-order chi connectivity index (χ1) is 11.3. The molecule has 2 amide bonds. The molecule has 0 saturated heterocycles. The summed E-state index contributed by atoms with van der Waals surface area (Å²) < 4.78 is 0. The molecule has 3 N–H and O–H groups in total. The van der Waals surface area contributed by atoms with Gasteiger partial charge in [0, 0.05) is 18.2 Å². The van der Waals surface area contributed by atoms with Gasteiger partial charge in [-0.05, 0) is 43.2 Å². The standard InChI is InChI=1S/C18H22N4O/c23-18(21-13-8-9-16-17(10-13)20-11-19-16)22-15-7-3-5-12-4-1-2-6-14(12)15/h1-2,4,6,11,13,15H,3,5,7-10H2,(H,19,20)(H2,21,22,23)/t13?,15-/m1/s1. The number of imidazole rings is 1. The number of nitrogens with one attached hydrogen (secondary N) is 3. The second-order valence-corrected chi connectivity index (χ2v) is 6.53. The lowest BCUT2D eigenvalue weighted by molar-refractivity contribution is 0.230. The Kier molecular flexibility index (Phi) is 3.77. The zero-order chi connectivity index (χ0) is 15.6. The maximum Gasteiger partial charge on any atom is 0.315 e. The molecule has 5 heteroatoms. The van der Waals surface area contributed by atoms with E-state index in [1.807, 2.05) is 0 Å². The second kappa shape index (κ2) is 6.07. The number of urea groups is 1. The summed E-state index contributed by atoms with van der Waals surface area (Å²) in [5.41, 5.74) is 4.94. The van der Waals surface area contributed by atoms with Crippen molar-refractivity contribution in [2.75, 3.05) is 0 Å². The van der Waals surface area contributed by atoms with Crippen LogP contribution >= 0.6 is 0 Å². The Morgan fingerprint density at radius 2 is 2.09 bits per heavy atom. The lowest BCUT2D eigenvalue weighted by Crippen LogP contribution is -2.46. The van der Waals surface area contributed by atoms with Gasteiger partial charge in [0.1, 0.15) is 0 Å². The molecule has 1 aromatic carbocycles. The van der Waals surface area contributed by atoms with Crippen molar-refractivity contribution >= 4 is 6.03 Å². The molecule has 2 aliphatic carbocycles. The van der Waals surface area contributed by atoms with Gasteiger partial charge < -0.3 is 15.6 Å². The predicted octanol–water partition coefficient (Wildman–Crippen LogP) is 2.64. The Morgan fingerprint density at radius 3 is 3.04 bits per heavy atom. The predicted molar refractivity (Wildman–Crippen MR) is 88.2 cm³/mol. The zero-order valence-corrected chi connectivity index (χ0v) is 13.1. The van der Waals surface area contributed by atoms with Gasteiger partial charge >= 0.3 is 6.03 Å². The Morgan fingerprint density at radius 1 is 1.17 bits per heavy atom. The van der Waals surface area contributed by atoms with E-state index in [1.54, 1.807) is 6.33 Å². The van der Waals surface area contributed by atoms with Gasteiger partial charge in [-0.3, -0.25) is 0 Å². The molecule has 2 aromatic rings. The largest absolute Gasteiger partial charge is 0.348 e. The number of H-pyrrole nitrogens is 1. The van der Waals surface area contributed by atoms with E-state index < -0.39 is 0 Å². The molecule has 0 saturated carbocycles. The smallest absolute Gasteiger partial charge is 0.315 e. The normalized spacial score (nSPS) is 22.8. The number of benzene rings is 1. The topological polar surface area (TPSA) is 69.8 Å². The van der Waals surface area contributed by atoms with Crippen LogP contribution in [0.2, 0.25) is 0 Å². The number of carbonyl (C=O) groups excluding carboxylic acids is 1. The van der Waals surface area contributed by atoms with Crippen LogP contribution in [0.15, 0.2) is 30.6 Å². The third-order valence-corrected chi connectivity index (χ3v) is 5.00. The van der Waals surface area contributed by atoms with Gasteiger partial charge in [0.25, 0.3) is 0 Å². The van der Waals surface area contributed by atoms with Crippen LogP contribution in [-0.4, -0.2) is 22.0 Å². The molecule has 5 nitrogen and oxygen atoms in total. The van der Waals surface area contributed by atoms with Gasteiger partial charge in [-0.2, -0.15) is 0 Å². The molecule has 1 unspecified atom stereocenters. The maximum absolute atomic E-state index is 12.4. The summed E-state index contributed by atoms with van der Waals surface area (Å²) in [6.45, 7) is 0. The molecule has 0 spiro atoms. The van der Waals surface area contributed by atoms with E-state index in [-0.39, 0.29) is 18.1 Å². The Labute approximate surface area is 135 Å². The lowest BCUT2D eigenvalue weighted by atomic mass is 9.88. The number of fused-ring (bicyclic) bond motifs is 2. The fourth-order valence-electron chi connectivity index (χ4n) is 3.81. The van der Waals surface area contributed by atoms with Crippen LogP contribution in [0.5, 0.6) is 0 Å². The molecule has 0 fully saturated rings. The Hall–Kier alpha value is -2.30. The summed E-state index contributed by atoms with van der Waals surface area (Å²) in [7, 11) is 0.